The molecule has 1 aromatic carbocycles. The number of unbranched alkanes of at least 4 members (excludes halogenated alkanes) is 1. The van der Waals surface area contributed by atoms with E-state index < -0.39 is 17.3 Å². The second kappa shape index (κ2) is 8.28. The van der Waals surface area contributed by atoms with Gasteiger partial charge in [0.2, 0.25) is 0 Å². The average Bonchev–Trinajstić information content (AvgIpc) is 2.74. The summed E-state index contributed by atoms with van der Waals surface area (Å²) in [5.74, 6) is -0.806. The number of rotatable bonds is 5. The lowest BCUT2D eigenvalue weighted by molar-refractivity contribution is 0.261. The van der Waals surface area contributed by atoms with Crippen LogP contribution in [0.25, 0.3) is 0 Å². The molecule has 1 fully saturated rings. The van der Waals surface area contributed by atoms with Gasteiger partial charge in [0.15, 0.2) is 5.41 Å². The van der Waals surface area contributed by atoms with Crippen molar-refractivity contribution in [3.63, 3.8) is 0 Å². The predicted molar refractivity (Wildman–Crippen MR) is 105 cm³/mol. The van der Waals surface area contributed by atoms with Gasteiger partial charge in [0.1, 0.15) is 11.7 Å². The Hall–Kier alpha value is -3.10. The summed E-state index contributed by atoms with van der Waals surface area (Å²) in [4.78, 5) is 0. The van der Waals surface area contributed by atoms with Crippen LogP contribution in [-0.4, -0.2) is 12.3 Å². The van der Waals surface area contributed by atoms with E-state index in [-0.39, 0.29) is 11.6 Å². The molecule has 0 heterocycles. The molecule has 142 valence electrons. The standard InChI is InChI=1S/C23H24N4O/c1-2-3-12-28-17-10-8-16(9-11-17)21-18-6-4-5-7-19(18)22(27)20(13-24)23(21,14-25)15-26/h7-11,18,20-21,27H,2-6,12H2,1H3/t18-,20?,21+/m1/s1. The maximum absolute atomic E-state index is 10.0. The highest BCUT2D eigenvalue weighted by atomic mass is 16.5. The van der Waals surface area contributed by atoms with E-state index in [9.17, 15) is 15.8 Å². The van der Waals surface area contributed by atoms with Gasteiger partial charge in [-0.25, -0.2) is 0 Å². The Labute approximate surface area is 166 Å². The highest BCUT2D eigenvalue weighted by Gasteiger charge is 2.58. The van der Waals surface area contributed by atoms with Crippen molar-refractivity contribution >= 4 is 5.71 Å². The van der Waals surface area contributed by atoms with Crippen molar-refractivity contribution in [1.82, 2.24) is 0 Å². The zero-order valence-corrected chi connectivity index (χ0v) is 16.1. The van der Waals surface area contributed by atoms with Gasteiger partial charge in [0.05, 0.1) is 30.5 Å². The van der Waals surface area contributed by atoms with Crippen LogP contribution in [0.15, 0.2) is 35.9 Å². The Bertz CT molecular complexity index is 881. The first-order valence-electron chi connectivity index (χ1n) is 9.86. The number of hydrogen-bond donors (Lipinski definition) is 1. The molecule has 1 unspecified atom stereocenters. The summed E-state index contributed by atoms with van der Waals surface area (Å²) in [6.07, 6.45) is 6.71. The molecule has 5 heteroatoms. The number of nitriles is 3. The molecule has 3 rings (SSSR count). The van der Waals surface area contributed by atoms with Gasteiger partial charge in [-0.15, -0.1) is 0 Å². The van der Waals surface area contributed by atoms with Gasteiger partial charge in [0.25, 0.3) is 0 Å². The minimum atomic E-state index is -1.56. The first kappa shape index (κ1) is 19.7. The number of fused-ring (bicyclic) bond motifs is 1. The molecule has 0 bridgehead atoms. The van der Waals surface area contributed by atoms with E-state index in [0.717, 1.165) is 49.0 Å². The molecular weight excluding hydrogens is 348 g/mol. The zero-order valence-electron chi connectivity index (χ0n) is 16.1. The number of hydrogen-bond acceptors (Lipinski definition) is 5. The van der Waals surface area contributed by atoms with Crippen LogP contribution < -0.4 is 4.74 Å². The fourth-order valence-corrected chi connectivity index (χ4v) is 4.51. The molecule has 2 aliphatic carbocycles. The maximum atomic E-state index is 10.0. The Morgan fingerprint density at radius 3 is 2.50 bits per heavy atom. The normalized spacial score (nSPS) is 25.4. The molecule has 0 aliphatic heterocycles. The minimum absolute atomic E-state index is 0.0861. The van der Waals surface area contributed by atoms with E-state index in [1.165, 1.54) is 0 Å². The smallest absolute Gasteiger partial charge is 0.172 e. The van der Waals surface area contributed by atoms with Crippen LogP contribution in [0.3, 0.4) is 0 Å². The number of allylic oxidation sites excluding steroid dienone is 2. The molecule has 2 aliphatic rings. The topological polar surface area (TPSA) is 104 Å². The summed E-state index contributed by atoms with van der Waals surface area (Å²) < 4.78 is 5.73. The minimum Gasteiger partial charge on any atom is -0.494 e. The third-order valence-electron chi connectivity index (χ3n) is 5.94. The Kier molecular flexibility index (Phi) is 5.81. The lowest BCUT2D eigenvalue weighted by Crippen LogP contribution is -2.48. The third kappa shape index (κ3) is 3.17. The Balaban J connectivity index is 2.05. The van der Waals surface area contributed by atoms with Gasteiger partial charge in [-0.05, 0) is 54.9 Å². The highest BCUT2D eigenvalue weighted by molar-refractivity contribution is 6.04. The molecule has 0 aromatic heterocycles. The van der Waals surface area contributed by atoms with Crippen molar-refractivity contribution < 1.29 is 4.74 Å². The summed E-state index contributed by atoms with van der Waals surface area (Å²) in [6.45, 7) is 2.76. The highest BCUT2D eigenvalue weighted by Crippen LogP contribution is 2.56. The molecule has 28 heavy (non-hydrogen) atoms. The monoisotopic (exact) mass is 372 g/mol. The molecule has 3 atom stereocenters. The molecular formula is C23H24N4O. The first-order chi connectivity index (χ1) is 13.6. The summed E-state index contributed by atoms with van der Waals surface area (Å²) in [7, 11) is 0. The van der Waals surface area contributed by atoms with E-state index in [1.54, 1.807) is 0 Å². The summed E-state index contributed by atoms with van der Waals surface area (Å²) in [5.41, 5.74) is 0.283. The Morgan fingerprint density at radius 1 is 1.18 bits per heavy atom. The molecule has 5 nitrogen and oxygen atoms in total. The SMILES string of the molecule is CCCCOc1ccc([C@H]2[C@@H]3CCCC=C3C(=N)C(C#N)C2(C#N)C#N)cc1. The van der Waals surface area contributed by atoms with Crippen LogP contribution in [0, 0.1) is 56.7 Å². The van der Waals surface area contributed by atoms with Crippen LogP contribution in [0.1, 0.15) is 50.5 Å². The van der Waals surface area contributed by atoms with Crippen molar-refractivity contribution in [2.45, 2.75) is 44.9 Å². The van der Waals surface area contributed by atoms with E-state index in [4.69, 9.17) is 10.1 Å². The van der Waals surface area contributed by atoms with Crippen LogP contribution >= 0.6 is 0 Å². The van der Waals surface area contributed by atoms with Gasteiger partial charge in [-0.3, -0.25) is 0 Å². The maximum Gasteiger partial charge on any atom is 0.172 e. The number of nitrogens with zero attached hydrogens (tertiary/aromatic N) is 3. The summed E-state index contributed by atoms with van der Waals surface area (Å²) >= 11 is 0. The molecule has 0 radical (unpaired) electrons. The predicted octanol–water partition coefficient (Wildman–Crippen LogP) is 4.88. The third-order valence-corrected chi connectivity index (χ3v) is 5.94. The van der Waals surface area contributed by atoms with Gasteiger partial charge in [-0.2, -0.15) is 15.8 Å². The van der Waals surface area contributed by atoms with Gasteiger partial charge in [0, 0.05) is 5.92 Å². The fourth-order valence-electron chi connectivity index (χ4n) is 4.51. The Morgan fingerprint density at radius 2 is 1.89 bits per heavy atom. The number of benzene rings is 1. The fraction of sp³-hybridized carbons (Fsp3) is 0.478. The van der Waals surface area contributed by atoms with Gasteiger partial charge < -0.3 is 10.1 Å². The van der Waals surface area contributed by atoms with Crippen molar-refractivity contribution in [2.24, 2.45) is 17.3 Å². The van der Waals surface area contributed by atoms with E-state index in [0.29, 0.717) is 6.61 Å². The van der Waals surface area contributed by atoms with E-state index >= 15 is 0 Å². The molecule has 0 saturated heterocycles. The van der Waals surface area contributed by atoms with Crippen molar-refractivity contribution in [1.29, 1.82) is 21.2 Å². The zero-order chi connectivity index (χ0) is 20.1. The summed E-state index contributed by atoms with van der Waals surface area (Å²) in [5, 5.41) is 38.3. The number of ether oxygens (including phenoxy) is 1. The van der Waals surface area contributed by atoms with Crippen LogP contribution in [0.2, 0.25) is 0 Å². The van der Waals surface area contributed by atoms with Crippen LogP contribution in [0.4, 0.5) is 0 Å². The van der Waals surface area contributed by atoms with Crippen LogP contribution in [0.5, 0.6) is 5.75 Å². The molecule has 1 N–H and O–H groups in total. The average molecular weight is 372 g/mol. The van der Waals surface area contributed by atoms with Gasteiger partial charge in [-0.1, -0.05) is 31.6 Å². The van der Waals surface area contributed by atoms with Gasteiger partial charge >= 0.3 is 0 Å². The van der Waals surface area contributed by atoms with Crippen molar-refractivity contribution in [3.05, 3.63) is 41.5 Å². The van der Waals surface area contributed by atoms with Crippen molar-refractivity contribution in [3.8, 4) is 24.0 Å². The molecule has 0 amide bonds. The second-order valence-electron chi connectivity index (χ2n) is 7.51. The lowest BCUT2D eigenvalue weighted by Gasteiger charge is -2.46. The molecule has 0 spiro atoms. The quantitative estimate of drug-likeness (QED) is 0.743. The van der Waals surface area contributed by atoms with E-state index in [2.05, 4.69) is 25.1 Å². The lowest BCUT2D eigenvalue weighted by atomic mass is 9.52. The largest absolute Gasteiger partial charge is 0.494 e. The van der Waals surface area contributed by atoms with Crippen molar-refractivity contribution in [2.75, 3.05) is 6.61 Å². The summed E-state index contributed by atoms with van der Waals surface area (Å²) in [6, 6.07) is 14.0. The first-order valence-corrected chi connectivity index (χ1v) is 9.86. The van der Waals surface area contributed by atoms with E-state index in [1.807, 2.05) is 30.3 Å². The molecule has 1 aromatic rings. The second-order valence-corrected chi connectivity index (χ2v) is 7.51. The molecule has 1 saturated carbocycles. The van der Waals surface area contributed by atoms with Crippen LogP contribution in [-0.2, 0) is 0 Å². The number of nitrogens with one attached hydrogen (secondary N) is 1.